The van der Waals surface area contributed by atoms with E-state index in [9.17, 15) is 26.3 Å². The number of rotatable bonds is 6. The van der Waals surface area contributed by atoms with Gasteiger partial charge in [-0.25, -0.2) is 16.8 Å². The maximum absolute atomic E-state index is 13.1. The molecule has 0 heterocycles. The molecule has 4 aromatic carbocycles. The average molecular weight is 499 g/mol. The van der Waals surface area contributed by atoms with Crippen LogP contribution in [0.25, 0.3) is 0 Å². The zero-order chi connectivity index (χ0) is 23.7. The fraction of sp³-hybridized carbons (Fsp3) is 0. The third-order valence-corrected chi connectivity index (χ3v) is 10.7. The Morgan fingerprint density at radius 3 is 1.03 bits per heavy atom. The van der Waals surface area contributed by atoms with Gasteiger partial charge in [0.05, 0.1) is 19.6 Å². The lowest BCUT2D eigenvalue weighted by Gasteiger charge is -2.14. The summed E-state index contributed by atoms with van der Waals surface area (Å²) in [5, 5.41) is 0.0707. The van der Waals surface area contributed by atoms with Crippen LogP contribution in [0.4, 0.5) is 0 Å². The lowest BCUT2D eigenvalue weighted by molar-refractivity contribution is 0.501. The van der Waals surface area contributed by atoms with E-state index in [0.29, 0.717) is 0 Å². The first-order chi connectivity index (χ1) is 15.6. The van der Waals surface area contributed by atoms with Crippen molar-refractivity contribution in [2.24, 2.45) is 0 Å². The molecule has 168 valence electrons. The maximum atomic E-state index is 13.1. The lowest BCUT2D eigenvalue weighted by atomic mass is 10.4. The summed E-state index contributed by atoms with van der Waals surface area (Å²) in [5.41, 5.74) is 0. The fourth-order valence-electron chi connectivity index (χ4n) is 3.28. The zero-order valence-electron chi connectivity index (χ0n) is 17.1. The van der Waals surface area contributed by atoms with Gasteiger partial charge in [0, 0.05) is 10.6 Å². The van der Waals surface area contributed by atoms with Gasteiger partial charge in [-0.1, -0.05) is 36.4 Å². The van der Waals surface area contributed by atoms with Gasteiger partial charge in [0.25, 0.3) is 7.37 Å². The van der Waals surface area contributed by atoms with E-state index in [-0.39, 0.29) is 30.2 Å². The number of hydrogen-bond acceptors (Lipinski definition) is 5. The molecule has 1 N–H and O–H groups in total. The largest absolute Gasteiger partial charge is 0.338 e. The second kappa shape index (κ2) is 8.72. The topological polar surface area (TPSA) is 106 Å². The van der Waals surface area contributed by atoms with Crippen molar-refractivity contribution in [3.8, 4) is 0 Å². The molecule has 33 heavy (non-hydrogen) atoms. The first-order valence-electron chi connectivity index (χ1n) is 9.78. The van der Waals surface area contributed by atoms with Crippen molar-refractivity contribution in [2.45, 2.75) is 19.6 Å². The maximum Gasteiger partial charge on any atom is 0.258 e. The van der Waals surface area contributed by atoms with Crippen molar-refractivity contribution in [1.82, 2.24) is 0 Å². The first-order valence-corrected chi connectivity index (χ1v) is 14.4. The predicted molar refractivity (Wildman–Crippen MR) is 126 cm³/mol. The van der Waals surface area contributed by atoms with Gasteiger partial charge < -0.3 is 4.89 Å². The molecule has 0 aliphatic carbocycles. The molecule has 0 unspecified atom stereocenters. The monoisotopic (exact) mass is 498 g/mol. The second-order valence-corrected chi connectivity index (χ2v) is 13.3. The Labute approximate surface area is 192 Å². The predicted octanol–water partition coefficient (Wildman–Crippen LogP) is 3.57. The molecule has 0 radical (unpaired) electrons. The Morgan fingerprint density at radius 2 is 0.727 bits per heavy atom. The van der Waals surface area contributed by atoms with Crippen LogP contribution in [0.2, 0.25) is 0 Å². The quantitative estimate of drug-likeness (QED) is 0.408. The molecule has 0 aromatic heterocycles. The van der Waals surface area contributed by atoms with Crippen LogP contribution in [-0.4, -0.2) is 21.7 Å². The second-order valence-electron chi connectivity index (χ2n) is 7.20. The van der Waals surface area contributed by atoms with Crippen LogP contribution in [0, 0.1) is 0 Å². The minimum absolute atomic E-state index is 0.00162. The van der Waals surface area contributed by atoms with Crippen LogP contribution >= 0.6 is 7.37 Å². The van der Waals surface area contributed by atoms with E-state index in [4.69, 9.17) is 0 Å². The lowest BCUT2D eigenvalue weighted by Crippen LogP contribution is -2.16. The Hall–Kier alpha value is -3.03. The van der Waals surface area contributed by atoms with Gasteiger partial charge in [0.1, 0.15) is 0 Å². The number of hydrogen-bond donors (Lipinski definition) is 1. The normalized spacial score (nSPS) is 12.4. The van der Waals surface area contributed by atoms with E-state index >= 15 is 0 Å². The Morgan fingerprint density at radius 1 is 0.455 bits per heavy atom. The first kappa shape index (κ1) is 23.1. The summed E-state index contributed by atoms with van der Waals surface area (Å²) in [6, 6.07) is 26.1. The SMILES string of the molecule is O=P(O)(c1ccc(S(=O)(=O)c2ccccc2)cc1)c1ccc(S(=O)(=O)c2ccccc2)cc1. The van der Waals surface area contributed by atoms with Gasteiger partial charge in [-0.15, -0.1) is 0 Å². The Bertz CT molecular complexity index is 1410. The average Bonchev–Trinajstić information content (AvgIpc) is 2.85. The molecule has 0 aliphatic heterocycles. The van der Waals surface area contributed by atoms with Gasteiger partial charge in [0.2, 0.25) is 19.7 Å². The molecular weight excluding hydrogens is 479 g/mol. The number of benzene rings is 4. The van der Waals surface area contributed by atoms with Crippen molar-refractivity contribution in [3.05, 3.63) is 109 Å². The highest BCUT2D eigenvalue weighted by Crippen LogP contribution is 2.39. The summed E-state index contributed by atoms with van der Waals surface area (Å²) in [7, 11) is -11.6. The summed E-state index contributed by atoms with van der Waals surface area (Å²) >= 11 is 0. The smallest absolute Gasteiger partial charge is 0.258 e. The van der Waals surface area contributed by atoms with E-state index in [1.165, 1.54) is 72.8 Å². The van der Waals surface area contributed by atoms with Crippen LogP contribution < -0.4 is 10.6 Å². The molecule has 0 bridgehead atoms. The summed E-state index contributed by atoms with van der Waals surface area (Å²) in [6.07, 6.45) is 0. The molecule has 0 amide bonds. The number of sulfone groups is 2. The molecule has 0 spiro atoms. The summed E-state index contributed by atoms with van der Waals surface area (Å²) < 4.78 is 64.0. The van der Waals surface area contributed by atoms with Gasteiger partial charge in [-0.05, 0) is 72.8 Å². The molecule has 9 heteroatoms. The molecule has 0 fully saturated rings. The highest BCUT2D eigenvalue weighted by molar-refractivity contribution is 7.91. The minimum Gasteiger partial charge on any atom is -0.338 e. The third-order valence-electron chi connectivity index (χ3n) is 5.10. The van der Waals surface area contributed by atoms with Gasteiger partial charge >= 0.3 is 0 Å². The van der Waals surface area contributed by atoms with Crippen molar-refractivity contribution < 1.29 is 26.3 Å². The Balaban J connectivity index is 1.63. The van der Waals surface area contributed by atoms with Crippen LogP contribution in [0.1, 0.15) is 0 Å². The van der Waals surface area contributed by atoms with E-state index in [0.717, 1.165) is 0 Å². The van der Waals surface area contributed by atoms with Gasteiger partial charge in [-0.2, -0.15) is 0 Å². The van der Waals surface area contributed by atoms with Crippen LogP contribution in [-0.2, 0) is 24.2 Å². The molecule has 4 aromatic rings. The van der Waals surface area contributed by atoms with Crippen molar-refractivity contribution in [1.29, 1.82) is 0 Å². The molecule has 0 aliphatic rings. The summed E-state index contributed by atoms with van der Waals surface area (Å²) in [4.78, 5) is 11.0. The molecular formula is C24H19O6PS2. The fourth-order valence-corrected chi connectivity index (χ4v) is 7.24. The molecule has 4 rings (SSSR count). The Kier molecular flexibility index (Phi) is 6.12. The van der Waals surface area contributed by atoms with Crippen molar-refractivity contribution in [2.75, 3.05) is 0 Å². The third kappa shape index (κ3) is 4.43. The highest BCUT2D eigenvalue weighted by atomic mass is 32.2. The minimum atomic E-state index is -4.08. The standard InChI is InChI=1S/C24H19O6PS2/c25-31(26,19-11-15-23(16-12-19)32(27,28)21-7-3-1-4-8-21)20-13-17-24(18-14-20)33(29,30)22-9-5-2-6-10-22/h1-18H,(H,25,26). The van der Waals surface area contributed by atoms with E-state index in [1.54, 1.807) is 36.4 Å². The summed E-state index contributed by atoms with van der Waals surface area (Å²) in [6.45, 7) is 0. The van der Waals surface area contributed by atoms with Crippen molar-refractivity contribution in [3.63, 3.8) is 0 Å². The highest BCUT2D eigenvalue weighted by Gasteiger charge is 2.27. The van der Waals surface area contributed by atoms with Crippen LogP contribution in [0.5, 0.6) is 0 Å². The van der Waals surface area contributed by atoms with E-state index in [1.807, 2.05) is 0 Å². The van der Waals surface area contributed by atoms with Gasteiger partial charge in [0.15, 0.2) is 0 Å². The molecule has 0 saturated carbocycles. The van der Waals surface area contributed by atoms with Crippen LogP contribution in [0.3, 0.4) is 0 Å². The van der Waals surface area contributed by atoms with E-state index < -0.39 is 27.0 Å². The van der Waals surface area contributed by atoms with Crippen molar-refractivity contribution >= 4 is 37.7 Å². The molecule has 0 saturated heterocycles. The molecule has 6 nitrogen and oxygen atoms in total. The van der Waals surface area contributed by atoms with Crippen LogP contribution in [0.15, 0.2) is 129 Å². The zero-order valence-corrected chi connectivity index (χ0v) is 19.7. The van der Waals surface area contributed by atoms with E-state index in [2.05, 4.69) is 0 Å². The van der Waals surface area contributed by atoms with Gasteiger partial charge in [-0.3, -0.25) is 4.57 Å². The summed E-state index contributed by atoms with van der Waals surface area (Å²) in [5.74, 6) is 0. The molecule has 0 atom stereocenters.